The molecule has 2 rings (SSSR count). The predicted molar refractivity (Wildman–Crippen MR) is 51.8 cm³/mol. The molecule has 0 saturated heterocycles. The van der Waals surface area contributed by atoms with E-state index in [4.69, 9.17) is 4.52 Å². The molecule has 1 N–H and O–H groups in total. The molecule has 4 nitrogen and oxygen atoms in total. The monoisotopic (exact) mass is 194 g/mol. The first-order chi connectivity index (χ1) is 6.75. The maximum atomic E-state index is 11.6. The third kappa shape index (κ3) is 1.95. The number of rotatable bonds is 2. The Morgan fingerprint density at radius 2 is 2.29 bits per heavy atom. The van der Waals surface area contributed by atoms with Gasteiger partial charge < -0.3 is 9.84 Å². The Kier molecular flexibility index (Phi) is 2.52. The van der Waals surface area contributed by atoms with Gasteiger partial charge in [-0.25, -0.2) is 0 Å². The number of aryl methyl sites for hydroxylation is 1. The topological polar surface area (TPSA) is 55.1 Å². The van der Waals surface area contributed by atoms with Gasteiger partial charge in [-0.2, -0.15) is 0 Å². The van der Waals surface area contributed by atoms with Crippen molar-refractivity contribution in [2.45, 2.75) is 32.6 Å². The summed E-state index contributed by atoms with van der Waals surface area (Å²) in [5.41, 5.74) is 0. The number of carbonyl (C=O) groups is 1. The van der Waals surface area contributed by atoms with E-state index in [1.54, 1.807) is 13.0 Å². The lowest BCUT2D eigenvalue weighted by molar-refractivity contribution is -0.119. The van der Waals surface area contributed by atoms with Gasteiger partial charge in [-0.15, -0.1) is 0 Å². The molecule has 1 aromatic rings. The first-order valence-corrected chi connectivity index (χ1v) is 5.00. The molecule has 4 heteroatoms. The molecule has 14 heavy (non-hydrogen) atoms. The Morgan fingerprint density at radius 1 is 1.57 bits per heavy atom. The van der Waals surface area contributed by atoms with E-state index in [0.29, 0.717) is 11.6 Å². The average molecular weight is 194 g/mol. The van der Waals surface area contributed by atoms with Crippen LogP contribution in [0.25, 0.3) is 0 Å². The van der Waals surface area contributed by atoms with Crippen molar-refractivity contribution in [1.29, 1.82) is 0 Å². The number of hydrogen-bond donors (Lipinski definition) is 1. The molecule has 1 aliphatic rings. The summed E-state index contributed by atoms with van der Waals surface area (Å²) in [5.74, 6) is 1.49. The Balaban J connectivity index is 1.93. The van der Waals surface area contributed by atoms with Crippen molar-refractivity contribution in [1.82, 2.24) is 5.16 Å². The van der Waals surface area contributed by atoms with Gasteiger partial charge >= 0.3 is 0 Å². The highest BCUT2D eigenvalue weighted by Crippen LogP contribution is 2.25. The summed E-state index contributed by atoms with van der Waals surface area (Å²) < 4.78 is 4.86. The molecule has 1 saturated carbocycles. The second-order valence-electron chi connectivity index (χ2n) is 3.79. The minimum absolute atomic E-state index is 0.0794. The van der Waals surface area contributed by atoms with Gasteiger partial charge in [0.2, 0.25) is 5.91 Å². The molecular weight excluding hydrogens is 180 g/mol. The average Bonchev–Trinajstić information content (AvgIpc) is 2.75. The van der Waals surface area contributed by atoms with Crippen LogP contribution in [0.3, 0.4) is 0 Å². The Hall–Kier alpha value is -1.32. The third-order valence-electron chi connectivity index (χ3n) is 2.61. The number of amides is 1. The number of carbonyl (C=O) groups excluding carboxylic acids is 1. The SMILES string of the molecule is Cc1cc(NC(=O)C2CCCC2)no1. The quantitative estimate of drug-likeness (QED) is 0.784. The summed E-state index contributed by atoms with van der Waals surface area (Å²) in [4.78, 5) is 11.6. The van der Waals surface area contributed by atoms with E-state index >= 15 is 0 Å². The van der Waals surface area contributed by atoms with E-state index in [1.807, 2.05) is 0 Å². The second kappa shape index (κ2) is 3.82. The summed E-state index contributed by atoms with van der Waals surface area (Å²) in [5, 5.41) is 6.48. The van der Waals surface area contributed by atoms with Crippen molar-refractivity contribution in [3.8, 4) is 0 Å². The predicted octanol–water partition coefficient (Wildman–Crippen LogP) is 2.11. The highest BCUT2D eigenvalue weighted by Gasteiger charge is 2.23. The summed E-state index contributed by atoms with van der Waals surface area (Å²) >= 11 is 0. The minimum atomic E-state index is 0.0794. The van der Waals surface area contributed by atoms with Gasteiger partial charge in [-0.3, -0.25) is 4.79 Å². The van der Waals surface area contributed by atoms with Crippen LogP contribution in [0, 0.1) is 12.8 Å². The Labute approximate surface area is 82.7 Å². The van der Waals surface area contributed by atoms with Crippen LogP contribution < -0.4 is 5.32 Å². The van der Waals surface area contributed by atoms with Crippen LogP contribution in [0.2, 0.25) is 0 Å². The molecule has 1 amide bonds. The van der Waals surface area contributed by atoms with Crippen LogP contribution in [-0.2, 0) is 4.79 Å². The van der Waals surface area contributed by atoms with Crippen LogP contribution in [0.4, 0.5) is 5.82 Å². The number of nitrogens with one attached hydrogen (secondary N) is 1. The first kappa shape index (κ1) is 9.24. The molecule has 0 aliphatic heterocycles. The first-order valence-electron chi connectivity index (χ1n) is 5.00. The van der Waals surface area contributed by atoms with Gasteiger partial charge in [0.25, 0.3) is 0 Å². The highest BCUT2D eigenvalue weighted by atomic mass is 16.5. The fourth-order valence-electron chi connectivity index (χ4n) is 1.84. The van der Waals surface area contributed by atoms with Crippen LogP contribution in [0.1, 0.15) is 31.4 Å². The second-order valence-corrected chi connectivity index (χ2v) is 3.79. The molecule has 76 valence electrons. The molecule has 1 aliphatic carbocycles. The van der Waals surface area contributed by atoms with Gasteiger partial charge in [0, 0.05) is 12.0 Å². The number of hydrogen-bond acceptors (Lipinski definition) is 3. The zero-order valence-electron chi connectivity index (χ0n) is 8.25. The maximum absolute atomic E-state index is 11.6. The van der Waals surface area contributed by atoms with Crippen molar-refractivity contribution in [2.24, 2.45) is 5.92 Å². The largest absolute Gasteiger partial charge is 0.360 e. The van der Waals surface area contributed by atoms with Crippen molar-refractivity contribution < 1.29 is 9.32 Å². The molecule has 1 fully saturated rings. The van der Waals surface area contributed by atoms with Gasteiger partial charge in [0.1, 0.15) is 5.76 Å². The highest BCUT2D eigenvalue weighted by molar-refractivity contribution is 5.91. The van der Waals surface area contributed by atoms with Gasteiger partial charge in [0.15, 0.2) is 5.82 Å². The summed E-state index contributed by atoms with van der Waals surface area (Å²) in [6.07, 6.45) is 4.33. The molecule has 1 heterocycles. The maximum Gasteiger partial charge on any atom is 0.228 e. The Bertz CT molecular complexity index is 327. The smallest absolute Gasteiger partial charge is 0.228 e. The van der Waals surface area contributed by atoms with Crippen molar-refractivity contribution >= 4 is 11.7 Å². The summed E-state index contributed by atoms with van der Waals surface area (Å²) in [6.45, 7) is 1.80. The van der Waals surface area contributed by atoms with E-state index in [9.17, 15) is 4.79 Å². The lowest BCUT2D eigenvalue weighted by Gasteiger charge is -2.06. The van der Waals surface area contributed by atoms with E-state index in [1.165, 1.54) is 0 Å². The normalized spacial score (nSPS) is 17.2. The molecular formula is C10H14N2O2. The number of aromatic nitrogens is 1. The molecule has 0 atom stereocenters. The third-order valence-corrected chi connectivity index (χ3v) is 2.61. The summed E-state index contributed by atoms with van der Waals surface area (Å²) in [6, 6.07) is 1.73. The molecule has 1 aromatic heterocycles. The fourth-order valence-corrected chi connectivity index (χ4v) is 1.84. The van der Waals surface area contributed by atoms with Crippen molar-refractivity contribution in [3.05, 3.63) is 11.8 Å². The summed E-state index contributed by atoms with van der Waals surface area (Å²) in [7, 11) is 0. The van der Waals surface area contributed by atoms with E-state index in [-0.39, 0.29) is 11.8 Å². The lowest BCUT2D eigenvalue weighted by atomic mass is 10.1. The standard InChI is InChI=1S/C10H14N2O2/c1-7-6-9(12-14-7)11-10(13)8-4-2-3-5-8/h6,8H,2-5H2,1H3,(H,11,12,13). The minimum Gasteiger partial charge on any atom is -0.360 e. The van der Waals surface area contributed by atoms with Crippen LogP contribution in [0.5, 0.6) is 0 Å². The van der Waals surface area contributed by atoms with Gasteiger partial charge in [-0.1, -0.05) is 18.0 Å². The van der Waals surface area contributed by atoms with E-state index in [2.05, 4.69) is 10.5 Å². The zero-order valence-corrected chi connectivity index (χ0v) is 8.25. The van der Waals surface area contributed by atoms with Gasteiger partial charge in [-0.05, 0) is 19.8 Å². The van der Waals surface area contributed by atoms with Gasteiger partial charge in [0.05, 0.1) is 0 Å². The zero-order chi connectivity index (χ0) is 9.97. The number of anilines is 1. The molecule has 0 spiro atoms. The van der Waals surface area contributed by atoms with E-state index in [0.717, 1.165) is 25.7 Å². The molecule has 0 aromatic carbocycles. The van der Waals surface area contributed by atoms with Crippen molar-refractivity contribution in [2.75, 3.05) is 5.32 Å². The molecule has 0 bridgehead atoms. The van der Waals surface area contributed by atoms with Crippen LogP contribution in [0.15, 0.2) is 10.6 Å². The van der Waals surface area contributed by atoms with Crippen LogP contribution >= 0.6 is 0 Å². The molecule has 0 unspecified atom stereocenters. The number of nitrogens with zero attached hydrogens (tertiary/aromatic N) is 1. The lowest BCUT2D eigenvalue weighted by Crippen LogP contribution is -2.20. The van der Waals surface area contributed by atoms with Crippen LogP contribution in [-0.4, -0.2) is 11.1 Å². The van der Waals surface area contributed by atoms with E-state index < -0.39 is 0 Å². The Morgan fingerprint density at radius 3 is 2.86 bits per heavy atom. The molecule has 0 radical (unpaired) electrons. The van der Waals surface area contributed by atoms with Crippen molar-refractivity contribution in [3.63, 3.8) is 0 Å². The fraction of sp³-hybridized carbons (Fsp3) is 0.600.